The van der Waals surface area contributed by atoms with Gasteiger partial charge in [0.15, 0.2) is 0 Å². The quantitative estimate of drug-likeness (QED) is 0.796. The molecule has 0 atom stereocenters. The summed E-state index contributed by atoms with van der Waals surface area (Å²) >= 11 is 3.13. The summed E-state index contributed by atoms with van der Waals surface area (Å²) in [6.45, 7) is 0.802. The Balaban J connectivity index is 2.80. The van der Waals surface area contributed by atoms with E-state index in [0.717, 1.165) is 4.68 Å². The molecule has 1 rings (SSSR count). The van der Waals surface area contributed by atoms with Crippen LogP contribution in [0.5, 0.6) is 0 Å². The molecule has 0 unspecified atom stereocenters. The van der Waals surface area contributed by atoms with E-state index in [1.54, 1.807) is 0 Å². The Morgan fingerprint density at radius 2 is 2.15 bits per heavy atom. The molecular formula is C7H8BrF3N2. The van der Waals surface area contributed by atoms with Crippen LogP contribution in [0.2, 0.25) is 0 Å². The van der Waals surface area contributed by atoms with Gasteiger partial charge in [0.2, 0.25) is 0 Å². The molecule has 0 spiro atoms. The van der Waals surface area contributed by atoms with Gasteiger partial charge < -0.3 is 0 Å². The summed E-state index contributed by atoms with van der Waals surface area (Å²) in [6.07, 6.45) is -2.26. The fourth-order valence-electron chi connectivity index (χ4n) is 0.941. The summed E-state index contributed by atoms with van der Waals surface area (Å²) in [5.41, 5.74) is 0.643. The summed E-state index contributed by atoms with van der Waals surface area (Å²) in [5, 5.41) is 3.76. The molecule has 0 radical (unpaired) electrons. The normalized spacial score (nSPS) is 12.1. The Morgan fingerprint density at radius 1 is 1.54 bits per heavy atom. The molecule has 0 saturated heterocycles. The maximum atomic E-state index is 11.9. The third-order valence-electron chi connectivity index (χ3n) is 1.46. The minimum absolute atomic E-state index is 0.617. The number of alkyl halides is 3. The van der Waals surface area contributed by atoms with Crippen LogP contribution in [0, 0.1) is 0 Å². The Morgan fingerprint density at radius 3 is 2.54 bits per heavy atom. The molecule has 0 aromatic carbocycles. The third kappa shape index (κ3) is 3.02. The number of aryl methyl sites for hydroxylation is 1. The van der Waals surface area contributed by atoms with E-state index in [4.69, 9.17) is 0 Å². The van der Waals surface area contributed by atoms with Gasteiger partial charge in [-0.2, -0.15) is 18.3 Å². The third-order valence-corrected chi connectivity index (χ3v) is 2.13. The number of nitrogens with zero attached hydrogens (tertiary/aromatic N) is 2. The van der Waals surface area contributed by atoms with Crippen molar-refractivity contribution >= 4 is 15.9 Å². The van der Waals surface area contributed by atoms with Gasteiger partial charge in [0, 0.05) is 6.20 Å². The summed E-state index contributed by atoms with van der Waals surface area (Å²) in [7, 11) is 0. The van der Waals surface area contributed by atoms with Gasteiger partial charge in [-0.05, 0) is 22.4 Å². The van der Waals surface area contributed by atoms with Gasteiger partial charge in [-0.1, -0.05) is 6.92 Å². The first-order chi connectivity index (χ1) is 5.92. The van der Waals surface area contributed by atoms with Crippen molar-refractivity contribution in [1.29, 1.82) is 0 Å². The zero-order valence-electron chi connectivity index (χ0n) is 6.90. The highest BCUT2D eigenvalue weighted by Gasteiger charge is 2.28. The van der Waals surface area contributed by atoms with Crippen molar-refractivity contribution in [3.63, 3.8) is 0 Å². The van der Waals surface area contributed by atoms with Crippen LogP contribution in [-0.4, -0.2) is 16.0 Å². The number of halogens is 4. The molecule has 6 heteroatoms. The van der Waals surface area contributed by atoms with Crippen molar-refractivity contribution in [2.24, 2.45) is 0 Å². The van der Waals surface area contributed by atoms with Crippen LogP contribution in [-0.2, 0) is 13.0 Å². The summed E-state index contributed by atoms with van der Waals surface area (Å²) < 4.78 is 37.2. The van der Waals surface area contributed by atoms with Crippen molar-refractivity contribution in [1.82, 2.24) is 9.78 Å². The van der Waals surface area contributed by atoms with Crippen LogP contribution in [0.15, 0.2) is 10.7 Å². The van der Waals surface area contributed by atoms with Crippen molar-refractivity contribution in [3.05, 3.63) is 16.4 Å². The largest absolute Gasteiger partial charge is 0.408 e. The number of rotatable bonds is 2. The first-order valence-corrected chi connectivity index (χ1v) is 4.50. The van der Waals surface area contributed by atoms with Crippen LogP contribution >= 0.6 is 15.9 Å². The second-order valence-corrected chi connectivity index (χ2v) is 3.44. The van der Waals surface area contributed by atoms with E-state index < -0.39 is 12.7 Å². The molecule has 0 aliphatic rings. The number of aromatic nitrogens is 2. The maximum Gasteiger partial charge on any atom is 0.408 e. The van der Waals surface area contributed by atoms with Crippen LogP contribution < -0.4 is 0 Å². The zero-order chi connectivity index (χ0) is 10.1. The van der Waals surface area contributed by atoms with Gasteiger partial charge in [-0.15, -0.1) is 0 Å². The van der Waals surface area contributed by atoms with Crippen LogP contribution in [0.4, 0.5) is 13.2 Å². The predicted molar refractivity (Wildman–Crippen MR) is 45.4 cm³/mol. The first kappa shape index (κ1) is 10.6. The molecule has 0 amide bonds. The molecule has 13 heavy (non-hydrogen) atoms. The second kappa shape index (κ2) is 3.69. The fraction of sp³-hybridized carbons (Fsp3) is 0.571. The lowest BCUT2D eigenvalue weighted by Crippen LogP contribution is -2.18. The van der Waals surface area contributed by atoms with E-state index >= 15 is 0 Å². The molecule has 1 heterocycles. The minimum Gasteiger partial charge on any atom is -0.262 e. The Labute approximate surface area is 81.9 Å². The fourth-order valence-corrected chi connectivity index (χ4v) is 1.54. The highest BCUT2D eigenvalue weighted by Crippen LogP contribution is 2.20. The van der Waals surface area contributed by atoms with E-state index in [1.807, 2.05) is 6.92 Å². The molecular weight excluding hydrogens is 249 g/mol. The van der Waals surface area contributed by atoms with Gasteiger partial charge in [0.1, 0.15) is 6.54 Å². The van der Waals surface area contributed by atoms with Crippen LogP contribution in [0.1, 0.15) is 12.6 Å². The van der Waals surface area contributed by atoms with Gasteiger partial charge in [-0.3, -0.25) is 4.68 Å². The van der Waals surface area contributed by atoms with Crippen molar-refractivity contribution in [2.75, 3.05) is 0 Å². The minimum atomic E-state index is -4.21. The van der Waals surface area contributed by atoms with E-state index in [2.05, 4.69) is 21.0 Å². The summed E-state index contributed by atoms with van der Waals surface area (Å²) in [5.74, 6) is 0. The molecule has 0 fully saturated rings. The van der Waals surface area contributed by atoms with E-state index in [0.29, 0.717) is 16.6 Å². The molecule has 0 N–H and O–H groups in total. The molecule has 1 aromatic heterocycles. The second-order valence-electron chi connectivity index (χ2n) is 2.59. The predicted octanol–water partition coefficient (Wildman–Crippen LogP) is 2.77. The standard InChI is InChI=1S/C7H8BrF3N2/c1-2-6-5(8)3-13(12-6)4-7(9,10)11/h3H,2,4H2,1H3. The Bertz CT molecular complexity index is 292. The molecule has 0 aliphatic heterocycles. The molecule has 1 aromatic rings. The topological polar surface area (TPSA) is 17.8 Å². The Kier molecular flexibility index (Phi) is 3.00. The molecule has 2 nitrogen and oxygen atoms in total. The van der Waals surface area contributed by atoms with Crippen LogP contribution in [0.3, 0.4) is 0 Å². The molecule has 0 bridgehead atoms. The van der Waals surface area contributed by atoms with Crippen LogP contribution in [0.25, 0.3) is 0 Å². The summed E-state index contributed by atoms with van der Waals surface area (Å²) in [6, 6.07) is 0. The summed E-state index contributed by atoms with van der Waals surface area (Å²) in [4.78, 5) is 0. The van der Waals surface area contributed by atoms with E-state index in [9.17, 15) is 13.2 Å². The van der Waals surface area contributed by atoms with E-state index in [1.165, 1.54) is 6.20 Å². The van der Waals surface area contributed by atoms with Crippen molar-refractivity contribution < 1.29 is 13.2 Å². The first-order valence-electron chi connectivity index (χ1n) is 3.71. The molecule has 74 valence electrons. The van der Waals surface area contributed by atoms with Gasteiger partial charge in [-0.25, -0.2) is 0 Å². The lowest BCUT2D eigenvalue weighted by molar-refractivity contribution is -0.142. The number of hydrogen-bond donors (Lipinski definition) is 0. The highest BCUT2D eigenvalue weighted by atomic mass is 79.9. The maximum absolute atomic E-state index is 11.9. The highest BCUT2D eigenvalue weighted by molar-refractivity contribution is 9.10. The van der Waals surface area contributed by atoms with Gasteiger partial charge >= 0.3 is 6.18 Å². The average molecular weight is 257 g/mol. The van der Waals surface area contributed by atoms with Crippen molar-refractivity contribution in [3.8, 4) is 0 Å². The monoisotopic (exact) mass is 256 g/mol. The van der Waals surface area contributed by atoms with Gasteiger partial charge in [0.25, 0.3) is 0 Å². The average Bonchev–Trinajstić information content (AvgIpc) is 2.26. The van der Waals surface area contributed by atoms with Gasteiger partial charge in [0.05, 0.1) is 10.2 Å². The van der Waals surface area contributed by atoms with E-state index in [-0.39, 0.29) is 0 Å². The SMILES string of the molecule is CCc1nn(CC(F)(F)F)cc1Br. The molecule has 0 saturated carbocycles. The zero-order valence-corrected chi connectivity index (χ0v) is 8.48. The lowest BCUT2D eigenvalue weighted by Gasteiger charge is -2.04. The Hall–Kier alpha value is -0.520. The lowest BCUT2D eigenvalue weighted by atomic mass is 10.3. The smallest absolute Gasteiger partial charge is 0.262 e. The molecule has 0 aliphatic carbocycles. The number of hydrogen-bond acceptors (Lipinski definition) is 1. The van der Waals surface area contributed by atoms with Crippen molar-refractivity contribution in [2.45, 2.75) is 26.1 Å².